The number of aromatic amines is 1. The number of carbonyl (C=O) groups excluding carboxylic acids is 1. The topological polar surface area (TPSA) is 61.0 Å². The van der Waals surface area contributed by atoms with Crippen LogP contribution in [-0.4, -0.2) is 34.4 Å². The molecule has 118 valence electrons. The molecule has 0 aliphatic carbocycles. The van der Waals surface area contributed by atoms with Crippen LogP contribution in [0.3, 0.4) is 0 Å². The van der Waals surface area contributed by atoms with Gasteiger partial charge in [0.25, 0.3) is 5.91 Å². The highest BCUT2D eigenvalue weighted by molar-refractivity contribution is 7.15. The summed E-state index contributed by atoms with van der Waals surface area (Å²) < 4.78 is 0. The Bertz CT molecular complexity index is 895. The van der Waals surface area contributed by atoms with Crippen LogP contribution >= 0.6 is 11.3 Å². The van der Waals surface area contributed by atoms with Crippen molar-refractivity contribution in [3.8, 4) is 0 Å². The fourth-order valence-electron chi connectivity index (χ4n) is 3.07. The van der Waals surface area contributed by atoms with E-state index < -0.39 is 0 Å². The third-order valence-electron chi connectivity index (χ3n) is 4.34. The molecule has 2 aromatic heterocycles. The van der Waals surface area contributed by atoms with Gasteiger partial charge in [0.05, 0.1) is 12.2 Å². The van der Waals surface area contributed by atoms with Gasteiger partial charge in [0, 0.05) is 35.8 Å². The van der Waals surface area contributed by atoms with Crippen molar-refractivity contribution >= 4 is 33.3 Å². The normalized spacial score (nSPS) is 14.1. The summed E-state index contributed by atoms with van der Waals surface area (Å²) in [5.41, 5.74) is 3.98. The number of rotatable bonds is 2. The molecule has 0 saturated heterocycles. The van der Waals surface area contributed by atoms with Gasteiger partial charge in [-0.2, -0.15) is 0 Å². The molecule has 6 heteroatoms. The van der Waals surface area contributed by atoms with Crippen LogP contribution < -0.4 is 5.32 Å². The van der Waals surface area contributed by atoms with Crippen LogP contribution in [0.5, 0.6) is 0 Å². The maximum Gasteiger partial charge on any atom is 0.270 e. The van der Waals surface area contributed by atoms with Gasteiger partial charge in [0.2, 0.25) is 0 Å². The molecular formula is C17H18N4OS. The molecular weight excluding hydrogens is 308 g/mol. The van der Waals surface area contributed by atoms with Crippen molar-refractivity contribution in [3.63, 3.8) is 0 Å². The van der Waals surface area contributed by atoms with Crippen molar-refractivity contribution < 1.29 is 4.79 Å². The zero-order chi connectivity index (χ0) is 16.0. The molecule has 0 radical (unpaired) electrons. The summed E-state index contributed by atoms with van der Waals surface area (Å²) in [6.07, 6.45) is 0.818. The van der Waals surface area contributed by atoms with E-state index in [-0.39, 0.29) is 5.91 Å². The molecule has 1 aliphatic heterocycles. The molecule has 1 aliphatic rings. The number of anilines is 1. The number of benzene rings is 1. The van der Waals surface area contributed by atoms with Gasteiger partial charge < -0.3 is 15.2 Å². The van der Waals surface area contributed by atoms with E-state index in [1.54, 1.807) is 11.3 Å². The summed E-state index contributed by atoms with van der Waals surface area (Å²) in [7, 11) is 1.88. The number of nitrogens with zero attached hydrogens (tertiary/aromatic N) is 2. The predicted molar refractivity (Wildman–Crippen MR) is 93.1 cm³/mol. The third-order valence-corrected chi connectivity index (χ3v) is 5.44. The summed E-state index contributed by atoms with van der Waals surface area (Å²) >= 11 is 1.63. The van der Waals surface area contributed by atoms with E-state index in [9.17, 15) is 4.79 Å². The minimum absolute atomic E-state index is 0.0608. The van der Waals surface area contributed by atoms with Crippen LogP contribution in [0.25, 0.3) is 10.9 Å². The lowest BCUT2D eigenvalue weighted by atomic mass is 10.1. The highest BCUT2D eigenvalue weighted by Gasteiger charge is 2.25. The summed E-state index contributed by atoms with van der Waals surface area (Å²) in [5, 5.41) is 5.12. The Labute approximate surface area is 138 Å². The highest BCUT2D eigenvalue weighted by atomic mass is 32.1. The van der Waals surface area contributed by atoms with Crippen molar-refractivity contribution in [1.29, 1.82) is 0 Å². The largest absolute Gasteiger partial charge is 0.365 e. The first-order chi connectivity index (χ1) is 11.2. The summed E-state index contributed by atoms with van der Waals surface area (Å²) in [5.74, 6) is 0.0608. The molecule has 3 heterocycles. The Morgan fingerprint density at radius 2 is 2.30 bits per heavy atom. The lowest BCUT2D eigenvalue weighted by Gasteiger charge is -2.25. The van der Waals surface area contributed by atoms with Crippen molar-refractivity contribution in [2.45, 2.75) is 19.9 Å². The average Bonchev–Trinajstić information content (AvgIpc) is 3.17. The second kappa shape index (κ2) is 5.38. The monoisotopic (exact) mass is 326 g/mol. The standard InChI is InChI=1S/C17H18N4OS/c1-10-4-3-5-12-11(10)8-14(19-12)16(22)21-7-6-13-15(9-21)23-17(18-2)20-13/h3-5,8,19H,6-7,9H2,1-2H3,(H,18,20). The highest BCUT2D eigenvalue weighted by Crippen LogP contribution is 2.29. The predicted octanol–water partition coefficient (Wildman–Crippen LogP) is 3.17. The molecule has 4 rings (SSSR count). The minimum Gasteiger partial charge on any atom is -0.365 e. The number of H-pyrrole nitrogens is 1. The second-order valence-electron chi connectivity index (χ2n) is 5.83. The average molecular weight is 326 g/mol. The molecule has 5 nitrogen and oxygen atoms in total. The number of aryl methyl sites for hydroxylation is 1. The molecule has 23 heavy (non-hydrogen) atoms. The Hall–Kier alpha value is -2.34. The molecule has 0 unspecified atom stereocenters. The maximum absolute atomic E-state index is 12.8. The van der Waals surface area contributed by atoms with Gasteiger partial charge in [-0.05, 0) is 24.6 Å². The van der Waals surface area contributed by atoms with E-state index in [1.807, 2.05) is 30.1 Å². The zero-order valence-corrected chi connectivity index (χ0v) is 14.0. The van der Waals surface area contributed by atoms with E-state index in [2.05, 4.69) is 28.3 Å². The van der Waals surface area contributed by atoms with E-state index in [1.165, 1.54) is 10.4 Å². The van der Waals surface area contributed by atoms with Crippen LogP contribution in [0, 0.1) is 6.92 Å². The van der Waals surface area contributed by atoms with Gasteiger partial charge >= 0.3 is 0 Å². The van der Waals surface area contributed by atoms with Gasteiger partial charge in [-0.25, -0.2) is 4.98 Å². The SMILES string of the molecule is CNc1nc2c(s1)CN(C(=O)c1cc3c(C)cccc3[nH]1)CC2. The number of fused-ring (bicyclic) bond motifs is 2. The van der Waals surface area contributed by atoms with Crippen LogP contribution in [0.15, 0.2) is 24.3 Å². The summed E-state index contributed by atoms with van der Waals surface area (Å²) in [4.78, 5) is 23.7. The fourth-order valence-corrected chi connectivity index (χ4v) is 4.05. The van der Waals surface area contributed by atoms with Crippen molar-refractivity contribution in [2.24, 2.45) is 0 Å². The first kappa shape index (κ1) is 14.3. The van der Waals surface area contributed by atoms with Crippen molar-refractivity contribution in [1.82, 2.24) is 14.9 Å². The number of thiazole rings is 1. The van der Waals surface area contributed by atoms with Gasteiger partial charge in [0.15, 0.2) is 5.13 Å². The lowest BCUT2D eigenvalue weighted by molar-refractivity contribution is 0.0731. The molecule has 1 amide bonds. The van der Waals surface area contributed by atoms with Gasteiger partial charge in [-0.3, -0.25) is 4.79 Å². The molecule has 1 aromatic carbocycles. The minimum atomic E-state index is 0.0608. The second-order valence-corrected chi connectivity index (χ2v) is 6.92. The Kier molecular flexibility index (Phi) is 3.34. The van der Waals surface area contributed by atoms with E-state index in [4.69, 9.17) is 0 Å². The lowest BCUT2D eigenvalue weighted by Crippen LogP contribution is -2.35. The van der Waals surface area contributed by atoms with Crippen LogP contribution in [0.4, 0.5) is 5.13 Å². The maximum atomic E-state index is 12.8. The smallest absolute Gasteiger partial charge is 0.270 e. The molecule has 0 bridgehead atoms. The number of amides is 1. The third kappa shape index (κ3) is 2.39. The van der Waals surface area contributed by atoms with Crippen LogP contribution in [0.2, 0.25) is 0 Å². The van der Waals surface area contributed by atoms with Gasteiger partial charge in [-0.15, -0.1) is 0 Å². The van der Waals surface area contributed by atoms with E-state index in [0.717, 1.165) is 28.1 Å². The Morgan fingerprint density at radius 1 is 1.43 bits per heavy atom. The molecule has 2 N–H and O–H groups in total. The van der Waals surface area contributed by atoms with E-state index in [0.29, 0.717) is 18.8 Å². The first-order valence-electron chi connectivity index (χ1n) is 7.69. The molecule has 0 saturated carbocycles. The molecule has 0 atom stereocenters. The number of nitrogens with one attached hydrogen (secondary N) is 2. The summed E-state index contributed by atoms with van der Waals surface area (Å²) in [6.45, 7) is 3.42. The number of hydrogen-bond acceptors (Lipinski definition) is 4. The zero-order valence-electron chi connectivity index (χ0n) is 13.1. The van der Waals surface area contributed by atoms with Gasteiger partial charge in [-0.1, -0.05) is 23.5 Å². The number of hydrogen-bond donors (Lipinski definition) is 2. The van der Waals surface area contributed by atoms with Crippen molar-refractivity contribution in [3.05, 3.63) is 46.1 Å². The molecule has 3 aromatic rings. The van der Waals surface area contributed by atoms with Crippen LogP contribution in [0.1, 0.15) is 26.6 Å². The van der Waals surface area contributed by atoms with E-state index >= 15 is 0 Å². The quantitative estimate of drug-likeness (QED) is 0.760. The molecule has 0 fully saturated rings. The Morgan fingerprint density at radius 3 is 3.09 bits per heavy atom. The van der Waals surface area contributed by atoms with Crippen molar-refractivity contribution in [2.75, 3.05) is 18.9 Å². The number of carbonyl (C=O) groups is 1. The number of aromatic nitrogens is 2. The fraction of sp³-hybridized carbons (Fsp3) is 0.294. The first-order valence-corrected chi connectivity index (χ1v) is 8.51. The summed E-state index contributed by atoms with van der Waals surface area (Å²) in [6, 6.07) is 8.05. The van der Waals surface area contributed by atoms with Gasteiger partial charge in [0.1, 0.15) is 5.69 Å². The molecule has 0 spiro atoms. The van der Waals surface area contributed by atoms with Crippen LogP contribution in [-0.2, 0) is 13.0 Å². The Balaban J connectivity index is 1.62.